The van der Waals surface area contributed by atoms with E-state index in [0.717, 1.165) is 4.73 Å². The molecule has 13 heavy (non-hydrogen) atoms. The second-order valence-electron chi connectivity index (χ2n) is 2.56. The summed E-state index contributed by atoms with van der Waals surface area (Å²) in [5.74, 6) is 0.519. The Bertz CT molecular complexity index is 448. The molecule has 0 aliphatic heterocycles. The van der Waals surface area contributed by atoms with Gasteiger partial charge in [-0.05, 0) is 0 Å². The van der Waals surface area contributed by atoms with Gasteiger partial charge >= 0.3 is 0 Å². The molecule has 0 aliphatic carbocycles. The van der Waals surface area contributed by atoms with Crippen LogP contribution < -0.4 is 0 Å². The van der Waals surface area contributed by atoms with E-state index in [0.29, 0.717) is 23.4 Å². The van der Waals surface area contributed by atoms with E-state index >= 15 is 0 Å². The summed E-state index contributed by atoms with van der Waals surface area (Å²) in [5.41, 5.74) is 1.01. The molecule has 1 N–H and O–H groups in total. The number of rotatable bonds is 2. The third-order valence-corrected chi connectivity index (χ3v) is 1.71. The number of hydrogen-bond donors (Lipinski definition) is 1. The molecular formula is C8H8N4O. The van der Waals surface area contributed by atoms with Gasteiger partial charge in [-0.3, -0.25) is 0 Å². The first kappa shape index (κ1) is 7.72. The number of aromatic nitrogens is 4. The minimum absolute atomic E-state index is 0.495. The minimum Gasteiger partial charge on any atom is -0.426 e. The Morgan fingerprint density at radius 2 is 2.46 bits per heavy atom. The summed E-state index contributed by atoms with van der Waals surface area (Å²) in [6.45, 7) is 3.57. The van der Waals surface area contributed by atoms with Crippen molar-refractivity contribution in [2.45, 2.75) is 6.42 Å². The number of hydrogen-bond acceptors (Lipinski definition) is 4. The molecule has 2 rings (SSSR count). The van der Waals surface area contributed by atoms with Crippen molar-refractivity contribution in [2.75, 3.05) is 0 Å². The van der Waals surface area contributed by atoms with Gasteiger partial charge in [0.2, 0.25) is 0 Å². The van der Waals surface area contributed by atoms with Crippen LogP contribution in [0, 0.1) is 0 Å². The van der Waals surface area contributed by atoms with Gasteiger partial charge in [0.25, 0.3) is 0 Å². The lowest BCUT2D eigenvalue weighted by Gasteiger charge is -1.94. The minimum atomic E-state index is 0.495. The second kappa shape index (κ2) is 2.85. The fourth-order valence-electron chi connectivity index (χ4n) is 1.12. The van der Waals surface area contributed by atoms with Gasteiger partial charge in [-0.15, -0.1) is 6.58 Å². The monoisotopic (exact) mass is 176 g/mol. The van der Waals surface area contributed by atoms with Crippen LogP contribution >= 0.6 is 0 Å². The number of allylic oxidation sites excluding steroid dienone is 1. The van der Waals surface area contributed by atoms with Crippen molar-refractivity contribution in [2.24, 2.45) is 0 Å². The summed E-state index contributed by atoms with van der Waals surface area (Å²) in [6.07, 6.45) is 5.09. The van der Waals surface area contributed by atoms with Crippen molar-refractivity contribution >= 4 is 11.2 Å². The summed E-state index contributed by atoms with van der Waals surface area (Å²) in [7, 11) is 0. The molecule has 0 saturated heterocycles. The van der Waals surface area contributed by atoms with Crippen molar-refractivity contribution in [3.8, 4) is 0 Å². The maximum absolute atomic E-state index is 9.55. The normalized spacial score (nSPS) is 10.5. The largest absolute Gasteiger partial charge is 0.426 e. The molecule has 5 heteroatoms. The summed E-state index contributed by atoms with van der Waals surface area (Å²) < 4.78 is 0.983. The molecule has 2 aromatic rings. The fourth-order valence-corrected chi connectivity index (χ4v) is 1.12. The predicted molar refractivity (Wildman–Crippen MR) is 46.4 cm³/mol. The van der Waals surface area contributed by atoms with E-state index in [1.165, 1.54) is 12.5 Å². The SMILES string of the molecule is C=CCc1nc2ncncc2n1O. The second-order valence-corrected chi connectivity index (χ2v) is 2.56. The van der Waals surface area contributed by atoms with Gasteiger partial charge in [0.05, 0.1) is 6.20 Å². The zero-order valence-corrected chi connectivity index (χ0v) is 6.88. The molecule has 0 fully saturated rings. The summed E-state index contributed by atoms with van der Waals surface area (Å²) in [6, 6.07) is 0. The van der Waals surface area contributed by atoms with E-state index in [2.05, 4.69) is 21.5 Å². The fraction of sp³-hybridized carbons (Fsp3) is 0.125. The van der Waals surface area contributed by atoms with E-state index in [-0.39, 0.29) is 0 Å². The third kappa shape index (κ3) is 1.14. The predicted octanol–water partition coefficient (Wildman–Crippen LogP) is 0.792. The molecule has 0 radical (unpaired) electrons. The third-order valence-electron chi connectivity index (χ3n) is 1.71. The number of imidazole rings is 1. The van der Waals surface area contributed by atoms with Crippen LogP contribution in [0.5, 0.6) is 0 Å². The highest BCUT2D eigenvalue weighted by molar-refractivity contribution is 5.69. The van der Waals surface area contributed by atoms with E-state index < -0.39 is 0 Å². The molecule has 0 unspecified atom stereocenters. The van der Waals surface area contributed by atoms with Crippen LogP contribution in [0.25, 0.3) is 11.2 Å². The summed E-state index contributed by atoms with van der Waals surface area (Å²) in [5, 5.41) is 9.55. The van der Waals surface area contributed by atoms with E-state index in [1.54, 1.807) is 6.08 Å². The Labute approximate surface area is 74.3 Å². The standard InChI is InChI=1S/C8H8N4O/c1-2-3-7-11-8-6(12(7)13)4-9-5-10-8/h2,4-5,13H,1,3H2. The van der Waals surface area contributed by atoms with Crippen LogP contribution in [0.15, 0.2) is 25.2 Å². The average Bonchev–Trinajstić information content (AvgIpc) is 2.46. The van der Waals surface area contributed by atoms with Crippen molar-refractivity contribution in [3.63, 3.8) is 0 Å². The highest BCUT2D eigenvalue weighted by Gasteiger charge is 2.08. The Kier molecular flexibility index (Phi) is 1.70. The van der Waals surface area contributed by atoms with E-state index in [1.807, 2.05) is 0 Å². The molecule has 0 spiro atoms. The van der Waals surface area contributed by atoms with E-state index in [9.17, 15) is 5.21 Å². The van der Waals surface area contributed by atoms with Crippen molar-refractivity contribution in [1.82, 2.24) is 19.7 Å². The first-order valence-corrected chi connectivity index (χ1v) is 3.80. The molecule has 0 amide bonds. The van der Waals surface area contributed by atoms with Crippen LogP contribution in [-0.4, -0.2) is 24.9 Å². The summed E-state index contributed by atoms with van der Waals surface area (Å²) in [4.78, 5) is 11.8. The Morgan fingerprint density at radius 1 is 1.62 bits per heavy atom. The van der Waals surface area contributed by atoms with Crippen molar-refractivity contribution < 1.29 is 5.21 Å². The van der Waals surface area contributed by atoms with Crippen molar-refractivity contribution in [3.05, 3.63) is 31.0 Å². The zero-order chi connectivity index (χ0) is 9.26. The Hall–Kier alpha value is -1.91. The smallest absolute Gasteiger partial charge is 0.184 e. The average molecular weight is 176 g/mol. The zero-order valence-electron chi connectivity index (χ0n) is 6.88. The maximum Gasteiger partial charge on any atom is 0.184 e. The van der Waals surface area contributed by atoms with Gasteiger partial charge in [0, 0.05) is 6.42 Å². The molecule has 2 heterocycles. The van der Waals surface area contributed by atoms with Gasteiger partial charge in [-0.1, -0.05) is 6.08 Å². The van der Waals surface area contributed by atoms with Crippen LogP contribution in [0.3, 0.4) is 0 Å². The van der Waals surface area contributed by atoms with Crippen LogP contribution in [-0.2, 0) is 6.42 Å². The Morgan fingerprint density at radius 3 is 3.15 bits per heavy atom. The van der Waals surface area contributed by atoms with Crippen LogP contribution in [0.4, 0.5) is 0 Å². The van der Waals surface area contributed by atoms with Crippen molar-refractivity contribution in [1.29, 1.82) is 0 Å². The molecule has 0 saturated carbocycles. The van der Waals surface area contributed by atoms with Gasteiger partial charge in [-0.25, -0.2) is 15.0 Å². The first-order chi connectivity index (χ1) is 6.33. The number of fused-ring (bicyclic) bond motifs is 1. The molecule has 0 bridgehead atoms. The summed E-state index contributed by atoms with van der Waals surface area (Å²) >= 11 is 0. The first-order valence-electron chi connectivity index (χ1n) is 3.80. The highest BCUT2D eigenvalue weighted by atomic mass is 16.5. The lowest BCUT2D eigenvalue weighted by atomic mass is 10.4. The Balaban J connectivity index is 2.66. The molecular weight excluding hydrogens is 168 g/mol. The van der Waals surface area contributed by atoms with Gasteiger partial charge in [-0.2, -0.15) is 4.73 Å². The maximum atomic E-state index is 9.55. The lowest BCUT2D eigenvalue weighted by Crippen LogP contribution is -1.97. The van der Waals surface area contributed by atoms with Crippen LogP contribution in [0.1, 0.15) is 5.82 Å². The molecule has 66 valence electrons. The lowest BCUT2D eigenvalue weighted by molar-refractivity contribution is 0.189. The molecule has 2 aromatic heterocycles. The van der Waals surface area contributed by atoms with Gasteiger partial charge < -0.3 is 5.21 Å². The molecule has 0 aliphatic rings. The highest BCUT2D eigenvalue weighted by Crippen LogP contribution is 2.10. The molecule has 5 nitrogen and oxygen atoms in total. The van der Waals surface area contributed by atoms with E-state index in [4.69, 9.17) is 0 Å². The molecule has 0 atom stereocenters. The quantitative estimate of drug-likeness (QED) is 0.542. The topological polar surface area (TPSA) is 63.8 Å². The van der Waals surface area contributed by atoms with Gasteiger partial charge in [0.15, 0.2) is 11.5 Å². The number of nitrogens with zero attached hydrogens (tertiary/aromatic N) is 4. The van der Waals surface area contributed by atoms with Crippen LogP contribution in [0.2, 0.25) is 0 Å². The molecule has 0 aromatic carbocycles. The van der Waals surface area contributed by atoms with Gasteiger partial charge in [0.1, 0.15) is 11.8 Å².